The fourth-order valence-electron chi connectivity index (χ4n) is 5.53. The van der Waals surface area contributed by atoms with Gasteiger partial charge >= 0.3 is 0 Å². The third-order valence-corrected chi connectivity index (χ3v) is 7.99. The molecule has 2 aliphatic carbocycles. The Labute approximate surface area is 173 Å². The molecule has 1 atom stereocenters. The Kier molecular flexibility index (Phi) is 4.63. The standard InChI is InChI=1S/C24H32N2O3/c1-15-10-12-17(13-11-15)26-19(27)14-18(21(26)28)25(16-8-6-7-9-16)22(29)20-23(2,3)24(20,4)5/h10-13,16,18,20H,6-9,14H2,1-5H3. The molecular weight excluding hydrogens is 364 g/mol. The number of hydrogen-bond donors (Lipinski definition) is 0. The molecule has 0 radical (unpaired) electrons. The van der Waals surface area contributed by atoms with E-state index in [-0.39, 0.29) is 46.9 Å². The molecule has 1 aromatic carbocycles. The van der Waals surface area contributed by atoms with Gasteiger partial charge in [0.2, 0.25) is 11.8 Å². The van der Waals surface area contributed by atoms with Crippen LogP contribution in [0.3, 0.4) is 0 Å². The number of carbonyl (C=O) groups excluding carboxylic acids is 3. The van der Waals surface area contributed by atoms with Gasteiger partial charge in [-0.15, -0.1) is 0 Å². The van der Waals surface area contributed by atoms with Gasteiger partial charge in [-0.2, -0.15) is 0 Å². The zero-order chi connectivity index (χ0) is 21.1. The van der Waals surface area contributed by atoms with Crippen molar-refractivity contribution < 1.29 is 14.4 Å². The van der Waals surface area contributed by atoms with Crippen LogP contribution in [0, 0.1) is 23.7 Å². The Balaban J connectivity index is 1.65. The van der Waals surface area contributed by atoms with Crippen LogP contribution in [0.25, 0.3) is 0 Å². The molecule has 1 aromatic rings. The molecule has 1 aliphatic heterocycles. The summed E-state index contributed by atoms with van der Waals surface area (Å²) in [6.45, 7) is 10.5. The molecule has 0 spiro atoms. The van der Waals surface area contributed by atoms with Gasteiger partial charge in [0.05, 0.1) is 12.1 Å². The zero-order valence-corrected chi connectivity index (χ0v) is 18.2. The summed E-state index contributed by atoms with van der Waals surface area (Å²) in [5, 5.41) is 0. The minimum Gasteiger partial charge on any atom is -0.327 e. The number of nitrogens with zero attached hydrogens (tertiary/aromatic N) is 2. The number of benzene rings is 1. The molecular formula is C24H32N2O3. The van der Waals surface area contributed by atoms with Crippen molar-refractivity contribution >= 4 is 23.4 Å². The fourth-order valence-corrected chi connectivity index (χ4v) is 5.53. The average Bonchev–Trinajstić information content (AvgIpc) is 3.06. The van der Waals surface area contributed by atoms with Gasteiger partial charge in [0.1, 0.15) is 6.04 Å². The molecule has 3 amide bonds. The van der Waals surface area contributed by atoms with E-state index in [9.17, 15) is 14.4 Å². The first-order valence-electron chi connectivity index (χ1n) is 10.8. The summed E-state index contributed by atoms with van der Waals surface area (Å²) in [7, 11) is 0. The van der Waals surface area contributed by atoms with E-state index in [0.29, 0.717) is 5.69 Å². The molecule has 1 unspecified atom stereocenters. The fraction of sp³-hybridized carbons (Fsp3) is 0.625. The Bertz CT molecular complexity index is 835. The van der Waals surface area contributed by atoms with Crippen LogP contribution in [0.1, 0.15) is 65.4 Å². The Morgan fingerprint density at radius 1 is 1.00 bits per heavy atom. The first-order valence-corrected chi connectivity index (χ1v) is 10.8. The van der Waals surface area contributed by atoms with Gasteiger partial charge in [0.15, 0.2) is 0 Å². The minimum atomic E-state index is -0.674. The Hall–Kier alpha value is -2.17. The second kappa shape index (κ2) is 6.68. The number of hydrogen-bond acceptors (Lipinski definition) is 3. The van der Waals surface area contributed by atoms with Gasteiger partial charge < -0.3 is 4.90 Å². The van der Waals surface area contributed by atoms with E-state index in [1.54, 1.807) is 0 Å². The Morgan fingerprint density at radius 2 is 1.55 bits per heavy atom. The highest BCUT2D eigenvalue weighted by Crippen LogP contribution is 2.69. The van der Waals surface area contributed by atoms with Crippen molar-refractivity contribution in [3.8, 4) is 0 Å². The lowest BCUT2D eigenvalue weighted by Crippen LogP contribution is -2.51. The second-order valence-corrected chi connectivity index (χ2v) is 10.2. The van der Waals surface area contributed by atoms with Crippen LogP contribution in [0.2, 0.25) is 0 Å². The van der Waals surface area contributed by atoms with E-state index < -0.39 is 6.04 Å². The van der Waals surface area contributed by atoms with Crippen molar-refractivity contribution in [3.63, 3.8) is 0 Å². The van der Waals surface area contributed by atoms with E-state index in [4.69, 9.17) is 0 Å². The molecule has 1 saturated heterocycles. The van der Waals surface area contributed by atoms with Crippen LogP contribution < -0.4 is 4.90 Å². The molecule has 3 fully saturated rings. The van der Waals surface area contributed by atoms with E-state index >= 15 is 0 Å². The number of carbonyl (C=O) groups is 3. The summed E-state index contributed by atoms with van der Waals surface area (Å²) in [6.07, 6.45) is 4.07. The predicted molar refractivity (Wildman–Crippen MR) is 112 cm³/mol. The molecule has 3 aliphatic rings. The van der Waals surface area contributed by atoms with Crippen LogP contribution in [-0.2, 0) is 14.4 Å². The molecule has 29 heavy (non-hydrogen) atoms. The van der Waals surface area contributed by atoms with Gasteiger partial charge in [-0.3, -0.25) is 14.4 Å². The smallest absolute Gasteiger partial charge is 0.257 e. The van der Waals surface area contributed by atoms with Crippen LogP contribution in [0.15, 0.2) is 24.3 Å². The molecule has 2 saturated carbocycles. The molecule has 156 valence electrons. The van der Waals surface area contributed by atoms with Crippen LogP contribution in [0.5, 0.6) is 0 Å². The van der Waals surface area contributed by atoms with Crippen LogP contribution in [0.4, 0.5) is 5.69 Å². The van der Waals surface area contributed by atoms with Crippen molar-refractivity contribution in [2.24, 2.45) is 16.7 Å². The van der Waals surface area contributed by atoms with Crippen molar-refractivity contribution in [2.75, 3.05) is 4.90 Å². The molecule has 4 rings (SSSR count). The quantitative estimate of drug-likeness (QED) is 0.721. The van der Waals surface area contributed by atoms with E-state index in [2.05, 4.69) is 27.7 Å². The van der Waals surface area contributed by atoms with Crippen molar-refractivity contribution in [1.82, 2.24) is 4.90 Å². The third-order valence-electron chi connectivity index (χ3n) is 7.99. The highest BCUT2D eigenvalue weighted by Gasteiger charge is 2.69. The summed E-state index contributed by atoms with van der Waals surface area (Å²) >= 11 is 0. The van der Waals surface area contributed by atoms with Gasteiger partial charge in [0.25, 0.3) is 5.91 Å². The maximum absolute atomic E-state index is 13.7. The average molecular weight is 397 g/mol. The topological polar surface area (TPSA) is 57.7 Å². The molecule has 0 N–H and O–H groups in total. The monoisotopic (exact) mass is 396 g/mol. The van der Waals surface area contributed by atoms with Gasteiger partial charge in [-0.1, -0.05) is 58.2 Å². The maximum Gasteiger partial charge on any atom is 0.257 e. The highest BCUT2D eigenvalue weighted by molar-refractivity contribution is 6.23. The SMILES string of the molecule is Cc1ccc(N2C(=O)CC(N(C(=O)C3C(C)(C)C3(C)C)C3CCCC3)C2=O)cc1. The first kappa shape index (κ1) is 20.1. The number of rotatable bonds is 4. The lowest BCUT2D eigenvalue weighted by Gasteiger charge is -2.34. The van der Waals surface area contributed by atoms with E-state index in [1.807, 2.05) is 36.1 Å². The molecule has 5 heteroatoms. The second-order valence-electron chi connectivity index (χ2n) is 10.2. The summed E-state index contributed by atoms with van der Waals surface area (Å²) in [4.78, 5) is 43.0. The van der Waals surface area contributed by atoms with Crippen LogP contribution in [-0.4, -0.2) is 34.7 Å². The maximum atomic E-state index is 13.7. The zero-order valence-electron chi connectivity index (χ0n) is 18.2. The summed E-state index contributed by atoms with van der Waals surface area (Å²) in [6, 6.07) is 6.81. The van der Waals surface area contributed by atoms with Crippen molar-refractivity contribution in [1.29, 1.82) is 0 Å². The van der Waals surface area contributed by atoms with Crippen molar-refractivity contribution in [2.45, 2.75) is 78.8 Å². The molecule has 1 heterocycles. The summed E-state index contributed by atoms with van der Waals surface area (Å²) in [5.74, 6) is -0.514. The van der Waals surface area contributed by atoms with Gasteiger partial charge in [0, 0.05) is 12.0 Å². The number of amides is 3. The predicted octanol–water partition coefficient (Wildman–Crippen LogP) is 4.08. The third kappa shape index (κ3) is 3.01. The van der Waals surface area contributed by atoms with Crippen LogP contribution >= 0.6 is 0 Å². The lowest BCUT2D eigenvalue weighted by atomic mass is 10.0. The van der Waals surface area contributed by atoms with E-state index in [1.165, 1.54) is 4.90 Å². The first-order chi connectivity index (χ1) is 13.6. The number of aryl methyl sites for hydroxylation is 1. The molecule has 0 bridgehead atoms. The van der Waals surface area contributed by atoms with E-state index in [0.717, 1.165) is 31.2 Å². The summed E-state index contributed by atoms with van der Waals surface area (Å²) in [5.41, 5.74) is 1.48. The number of anilines is 1. The molecule has 5 nitrogen and oxygen atoms in total. The molecule has 0 aromatic heterocycles. The van der Waals surface area contributed by atoms with Gasteiger partial charge in [-0.25, -0.2) is 4.90 Å². The summed E-state index contributed by atoms with van der Waals surface area (Å²) < 4.78 is 0. The number of imide groups is 1. The largest absolute Gasteiger partial charge is 0.327 e. The normalized spacial score (nSPS) is 26.2. The van der Waals surface area contributed by atoms with Gasteiger partial charge in [-0.05, 0) is 42.7 Å². The lowest BCUT2D eigenvalue weighted by molar-refractivity contribution is -0.143. The minimum absolute atomic E-state index is 0.0591. The van der Waals surface area contributed by atoms with Crippen molar-refractivity contribution in [3.05, 3.63) is 29.8 Å². The Morgan fingerprint density at radius 3 is 2.07 bits per heavy atom. The highest BCUT2D eigenvalue weighted by atomic mass is 16.2.